The maximum Gasteiger partial charge on any atom is 0.152 e. The van der Waals surface area contributed by atoms with Gasteiger partial charge in [-0.2, -0.15) is 0 Å². The zero-order valence-corrected chi connectivity index (χ0v) is 8.97. The van der Waals surface area contributed by atoms with Crippen molar-refractivity contribution >= 4 is 28.9 Å². The largest absolute Gasteiger partial charge is 0.350 e. The Morgan fingerprint density at radius 2 is 1.91 bits per heavy atom. The molecule has 1 aromatic heterocycles. The van der Waals surface area contributed by atoms with E-state index in [0.29, 0.717) is 0 Å². The highest BCUT2D eigenvalue weighted by Gasteiger charge is 2.11. The predicted molar refractivity (Wildman–Crippen MR) is 53.0 cm³/mol. The van der Waals surface area contributed by atoms with Crippen LogP contribution in [0.15, 0.2) is 0 Å². The van der Waals surface area contributed by atoms with Gasteiger partial charge in [-0.1, -0.05) is 0 Å². The number of rotatable bonds is 1. The van der Waals surface area contributed by atoms with Crippen LogP contribution in [-0.4, -0.2) is 10.9 Å². The standard InChI is InChI=1S/C8H10INO/c1-5-7(4-11)8(9)6(2)10(5)3/h4H,1-3H3. The molecule has 2 nitrogen and oxygen atoms in total. The number of aromatic nitrogens is 1. The van der Waals surface area contributed by atoms with Crippen LogP contribution in [0.3, 0.4) is 0 Å². The molecule has 0 bridgehead atoms. The van der Waals surface area contributed by atoms with E-state index in [1.165, 1.54) is 0 Å². The second-order valence-corrected chi connectivity index (χ2v) is 3.65. The molecule has 0 atom stereocenters. The zero-order chi connectivity index (χ0) is 8.59. The molecule has 0 aromatic carbocycles. The van der Waals surface area contributed by atoms with E-state index in [9.17, 15) is 4.79 Å². The van der Waals surface area contributed by atoms with Crippen molar-refractivity contribution in [1.29, 1.82) is 0 Å². The van der Waals surface area contributed by atoms with Crippen molar-refractivity contribution < 1.29 is 4.79 Å². The molecule has 0 radical (unpaired) electrons. The molecule has 60 valence electrons. The molecule has 1 heterocycles. The smallest absolute Gasteiger partial charge is 0.152 e. The van der Waals surface area contributed by atoms with Crippen LogP contribution in [0.25, 0.3) is 0 Å². The maximum absolute atomic E-state index is 10.6. The predicted octanol–water partition coefficient (Wildman–Crippen LogP) is 2.06. The summed E-state index contributed by atoms with van der Waals surface area (Å²) in [6.07, 6.45) is 0.921. The molecule has 3 heteroatoms. The average Bonchev–Trinajstić information content (AvgIpc) is 2.17. The summed E-state index contributed by atoms with van der Waals surface area (Å²) in [7, 11) is 1.97. The first-order chi connectivity index (χ1) is 5.09. The van der Waals surface area contributed by atoms with Crippen molar-refractivity contribution in [1.82, 2.24) is 4.57 Å². The quantitative estimate of drug-likeness (QED) is 0.561. The van der Waals surface area contributed by atoms with Gasteiger partial charge in [0.25, 0.3) is 0 Å². The highest BCUT2D eigenvalue weighted by atomic mass is 127. The minimum absolute atomic E-state index is 0.825. The van der Waals surface area contributed by atoms with E-state index in [4.69, 9.17) is 0 Å². The fourth-order valence-electron chi connectivity index (χ4n) is 1.07. The monoisotopic (exact) mass is 263 g/mol. The Morgan fingerprint density at radius 3 is 2.09 bits per heavy atom. The zero-order valence-electron chi connectivity index (χ0n) is 6.81. The van der Waals surface area contributed by atoms with E-state index in [1.807, 2.05) is 25.5 Å². The fraction of sp³-hybridized carbons (Fsp3) is 0.375. The number of carbonyl (C=O) groups excluding carboxylic acids is 1. The van der Waals surface area contributed by atoms with E-state index in [0.717, 1.165) is 26.8 Å². The van der Waals surface area contributed by atoms with E-state index in [1.54, 1.807) is 0 Å². The van der Waals surface area contributed by atoms with Crippen molar-refractivity contribution in [3.05, 3.63) is 20.5 Å². The Labute approximate surface area is 79.7 Å². The number of hydrogen-bond acceptors (Lipinski definition) is 1. The van der Waals surface area contributed by atoms with Crippen LogP contribution < -0.4 is 0 Å². The van der Waals surface area contributed by atoms with Gasteiger partial charge in [-0.25, -0.2) is 0 Å². The van der Waals surface area contributed by atoms with Gasteiger partial charge in [-0.3, -0.25) is 4.79 Å². The second-order valence-electron chi connectivity index (χ2n) is 2.58. The number of halogens is 1. The Kier molecular flexibility index (Phi) is 2.37. The fourth-order valence-corrected chi connectivity index (χ4v) is 1.95. The molecular formula is C8H10INO. The van der Waals surface area contributed by atoms with Crippen LogP contribution in [0.2, 0.25) is 0 Å². The molecule has 0 amide bonds. The molecule has 0 aliphatic heterocycles. The molecule has 0 fully saturated rings. The molecule has 1 rings (SSSR count). The summed E-state index contributed by atoms with van der Waals surface area (Å²) in [6.45, 7) is 3.97. The lowest BCUT2D eigenvalue weighted by Gasteiger charge is -1.97. The lowest BCUT2D eigenvalue weighted by molar-refractivity contribution is 0.112. The van der Waals surface area contributed by atoms with Crippen molar-refractivity contribution in [3.63, 3.8) is 0 Å². The van der Waals surface area contributed by atoms with E-state index in [-0.39, 0.29) is 0 Å². The van der Waals surface area contributed by atoms with Gasteiger partial charge < -0.3 is 4.57 Å². The summed E-state index contributed by atoms with van der Waals surface area (Å²) >= 11 is 2.20. The molecule has 0 unspecified atom stereocenters. The van der Waals surface area contributed by atoms with Crippen molar-refractivity contribution in [2.24, 2.45) is 7.05 Å². The molecule has 0 aliphatic carbocycles. The third kappa shape index (κ3) is 1.21. The molecule has 0 aliphatic rings. The highest BCUT2D eigenvalue weighted by molar-refractivity contribution is 14.1. The number of hydrogen-bond donors (Lipinski definition) is 0. The van der Waals surface area contributed by atoms with Crippen LogP contribution in [0.1, 0.15) is 21.7 Å². The van der Waals surface area contributed by atoms with Gasteiger partial charge in [0.2, 0.25) is 0 Å². The van der Waals surface area contributed by atoms with Crippen LogP contribution in [0.5, 0.6) is 0 Å². The van der Waals surface area contributed by atoms with E-state index >= 15 is 0 Å². The first-order valence-electron chi connectivity index (χ1n) is 3.36. The Morgan fingerprint density at radius 1 is 1.36 bits per heavy atom. The minimum Gasteiger partial charge on any atom is -0.350 e. The van der Waals surface area contributed by atoms with Gasteiger partial charge in [0.1, 0.15) is 0 Å². The van der Waals surface area contributed by atoms with Crippen LogP contribution in [-0.2, 0) is 7.05 Å². The number of carbonyl (C=O) groups is 1. The highest BCUT2D eigenvalue weighted by Crippen LogP contribution is 2.20. The SMILES string of the molecule is Cc1c(I)c(C=O)c(C)n1C. The minimum atomic E-state index is 0.825. The Bertz CT molecular complexity index is 276. The molecule has 0 spiro atoms. The average molecular weight is 263 g/mol. The second kappa shape index (κ2) is 2.97. The van der Waals surface area contributed by atoms with Gasteiger partial charge >= 0.3 is 0 Å². The van der Waals surface area contributed by atoms with Crippen molar-refractivity contribution in [2.45, 2.75) is 13.8 Å². The summed E-state index contributed by atoms with van der Waals surface area (Å²) in [5, 5.41) is 0. The van der Waals surface area contributed by atoms with Gasteiger partial charge in [0.05, 0.1) is 0 Å². The molecule has 0 saturated carbocycles. The van der Waals surface area contributed by atoms with Crippen LogP contribution in [0.4, 0.5) is 0 Å². The van der Waals surface area contributed by atoms with E-state index < -0.39 is 0 Å². The summed E-state index contributed by atoms with van der Waals surface area (Å²) in [5.74, 6) is 0. The molecule has 0 saturated heterocycles. The van der Waals surface area contributed by atoms with Crippen molar-refractivity contribution in [2.75, 3.05) is 0 Å². The van der Waals surface area contributed by atoms with Gasteiger partial charge in [0, 0.05) is 27.6 Å². The first-order valence-corrected chi connectivity index (χ1v) is 4.44. The first kappa shape index (κ1) is 8.77. The maximum atomic E-state index is 10.6. The lowest BCUT2D eigenvalue weighted by atomic mass is 10.3. The Balaban J connectivity index is 3.47. The third-order valence-electron chi connectivity index (χ3n) is 2.07. The van der Waals surface area contributed by atoms with Crippen LogP contribution >= 0.6 is 22.6 Å². The van der Waals surface area contributed by atoms with Gasteiger partial charge in [-0.15, -0.1) is 0 Å². The lowest BCUT2D eigenvalue weighted by Crippen LogP contribution is -1.93. The summed E-state index contributed by atoms with van der Waals surface area (Å²) in [4.78, 5) is 10.6. The van der Waals surface area contributed by atoms with Crippen molar-refractivity contribution in [3.8, 4) is 0 Å². The summed E-state index contributed by atoms with van der Waals surface area (Å²) < 4.78 is 3.10. The van der Waals surface area contributed by atoms with Gasteiger partial charge in [-0.05, 0) is 36.4 Å². The van der Waals surface area contributed by atoms with Gasteiger partial charge in [0.15, 0.2) is 6.29 Å². The molecule has 11 heavy (non-hydrogen) atoms. The summed E-state index contributed by atoms with van der Waals surface area (Å²) in [6, 6.07) is 0. The normalized spacial score (nSPS) is 10.2. The van der Waals surface area contributed by atoms with Crippen LogP contribution in [0, 0.1) is 17.4 Å². The third-order valence-corrected chi connectivity index (χ3v) is 3.43. The van der Waals surface area contributed by atoms with E-state index in [2.05, 4.69) is 22.6 Å². The topological polar surface area (TPSA) is 22.0 Å². The molecular weight excluding hydrogens is 253 g/mol. The molecule has 1 aromatic rings. The summed E-state index contributed by atoms with van der Waals surface area (Å²) in [5.41, 5.74) is 3.03. The number of nitrogens with zero attached hydrogens (tertiary/aromatic N) is 1. The number of aldehydes is 1. The molecule has 0 N–H and O–H groups in total. The Hall–Kier alpha value is -0.320.